The number of carbonyl (C=O) groups is 2. The molecule has 3 N–H and O–H groups in total. The monoisotopic (exact) mass is 1100 g/mol. The SMILES string of the molecule is CCCCN(c1ccccc1CCc1ccc(C(=O)O)cc1)S(=O)(=O)c1ccccc1OC(F)(F)F.O=C(O)c1ccc(CCc2ccccc2NCCCCS(=O)(=O)c2ccc(S(=O)(=O)c3ccccc3)s2)cc1. The van der Waals surface area contributed by atoms with Gasteiger partial charge >= 0.3 is 18.3 Å². The zero-order valence-electron chi connectivity index (χ0n) is 40.6. The van der Waals surface area contributed by atoms with Crippen molar-refractivity contribution in [3.8, 4) is 5.75 Å². The number of carboxylic acid groups (broad SMARTS) is 2. The number of sulfone groups is 2. The molecule has 396 valence electrons. The minimum atomic E-state index is -5.05. The number of hydrogen-bond donors (Lipinski definition) is 3. The highest BCUT2D eigenvalue weighted by molar-refractivity contribution is 7.96. The van der Waals surface area contributed by atoms with Gasteiger partial charge in [-0.2, -0.15) is 0 Å². The van der Waals surface area contributed by atoms with E-state index in [2.05, 4.69) is 10.1 Å². The highest BCUT2D eigenvalue weighted by atomic mass is 32.3. The summed E-state index contributed by atoms with van der Waals surface area (Å²) in [5, 5.41) is 21.5. The summed E-state index contributed by atoms with van der Waals surface area (Å²) in [7, 11) is -11.8. The van der Waals surface area contributed by atoms with E-state index in [1.165, 1.54) is 48.5 Å². The number of anilines is 2. The molecular weight excluding hydrogens is 1050 g/mol. The number of halogens is 3. The van der Waals surface area contributed by atoms with Gasteiger partial charge in [-0.3, -0.25) is 4.31 Å². The fourth-order valence-corrected chi connectivity index (χ4v) is 14.2. The van der Waals surface area contributed by atoms with E-state index in [0.29, 0.717) is 56.3 Å². The van der Waals surface area contributed by atoms with Gasteiger partial charge in [0, 0.05) is 18.8 Å². The molecule has 20 heteroatoms. The third-order valence-electron chi connectivity index (χ3n) is 11.7. The van der Waals surface area contributed by atoms with Gasteiger partial charge in [0.1, 0.15) is 19.1 Å². The van der Waals surface area contributed by atoms with Crippen LogP contribution in [-0.4, -0.2) is 72.6 Å². The van der Waals surface area contributed by atoms with Crippen molar-refractivity contribution < 1.29 is 63.0 Å². The number of hydrogen-bond acceptors (Lipinski definition) is 11. The van der Waals surface area contributed by atoms with Gasteiger partial charge in [-0.25, -0.2) is 34.8 Å². The number of alkyl halides is 3. The Bertz CT molecular complexity index is 3370. The van der Waals surface area contributed by atoms with Crippen LogP contribution in [0.5, 0.6) is 5.75 Å². The number of sulfonamides is 1. The highest BCUT2D eigenvalue weighted by Crippen LogP contribution is 2.36. The first kappa shape index (κ1) is 57.3. The molecule has 0 bridgehead atoms. The van der Waals surface area contributed by atoms with Crippen LogP contribution in [0.1, 0.15) is 75.6 Å². The number of ether oxygens (including phenoxy) is 1. The predicted octanol–water partition coefficient (Wildman–Crippen LogP) is 11.8. The van der Waals surface area contributed by atoms with E-state index < -0.39 is 58.6 Å². The van der Waals surface area contributed by atoms with Crippen molar-refractivity contribution in [2.24, 2.45) is 0 Å². The number of unbranched alkanes of at least 4 members (excludes halogenated alkanes) is 2. The molecule has 0 radical (unpaired) electrons. The molecular formula is C55H55F3N2O11S4. The maximum absolute atomic E-state index is 13.7. The molecule has 0 atom stereocenters. The number of para-hydroxylation sites is 3. The Labute approximate surface area is 439 Å². The number of nitrogens with zero attached hydrogens (tertiary/aromatic N) is 1. The zero-order valence-corrected chi connectivity index (χ0v) is 43.9. The lowest BCUT2D eigenvalue weighted by Crippen LogP contribution is -2.33. The molecule has 0 saturated carbocycles. The minimum Gasteiger partial charge on any atom is -0.478 e. The normalized spacial score (nSPS) is 11.8. The lowest BCUT2D eigenvalue weighted by Gasteiger charge is -2.27. The van der Waals surface area contributed by atoms with Crippen molar-refractivity contribution in [1.82, 2.24) is 0 Å². The van der Waals surface area contributed by atoms with Gasteiger partial charge in [0.25, 0.3) is 10.0 Å². The summed E-state index contributed by atoms with van der Waals surface area (Å²) in [5.74, 6) is -2.82. The van der Waals surface area contributed by atoms with Crippen LogP contribution in [0, 0.1) is 0 Å². The number of nitrogens with one attached hydrogen (secondary N) is 1. The number of aromatic carboxylic acids is 2. The fourth-order valence-electron chi connectivity index (χ4n) is 7.80. The summed E-state index contributed by atoms with van der Waals surface area (Å²) >= 11 is 0.789. The van der Waals surface area contributed by atoms with E-state index >= 15 is 0 Å². The van der Waals surface area contributed by atoms with E-state index in [-0.39, 0.29) is 36.7 Å². The van der Waals surface area contributed by atoms with Crippen molar-refractivity contribution in [3.05, 3.63) is 197 Å². The molecule has 0 aliphatic carbocycles. The van der Waals surface area contributed by atoms with Crippen LogP contribution in [-0.2, 0) is 55.4 Å². The molecule has 0 fully saturated rings. The average Bonchev–Trinajstić information content (AvgIpc) is 3.92. The van der Waals surface area contributed by atoms with Gasteiger partial charge in [-0.1, -0.05) is 104 Å². The molecule has 0 amide bonds. The Kier molecular flexibility index (Phi) is 19.8. The van der Waals surface area contributed by atoms with Crippen molar-refractivity contribution in [1.29, 1.82) is 0 Å². The molecule has 0 aliphatic rings. The van der Waals surface area contributed by atoms with Gasteiger partial charge in [0.05, 0.1) is 27.5 Å². The third-order valence-corrected chi connectivity index (χ3v) is 19.3. The summed E-state index contributed by atoms with van der Waals surface area (Å²) < 4.78 is 123. The molecule has 1 aromatic heterocycles. The number of aryl methyl sites for hydroxylation is 4. The summed E-state index contributed by atoms with van der Waals surface area (Å²) in [5.41, 5.74) is 5.50. The Morgan fingerprint density at radius 1 is 0.600 bits per heavy atom. The Morgan fingerprint density at radius 2 is 1.13 bits per heavy atom. The van der Waals surface area contributed by atoms with E-state index in [0.717, 1.165) is 63.0 Å². The van der Waals surface area contributed by atoms with Crippen LogP contribution in [0.15, 0.2) is 182 Å². The quantitative estimate of drug-likeness (QED) is 0.0484. The molecule has 0 aliphatic heterocycles. The largest absolute Gasteiger partial charge is 0.573 e. The number of benzene rings is 6. The van der Waals surface area contributed by atoms with Crippen LogP contribution in [0.3, 0.4) is 0 Å². The second-order valence-corrected chi connectivity index (χ2v) is 24.5. The summed E-state index contributed by atoms with van der Waals surface area (Å²) in [6.07, 6.45) is -0.341. The summed E-state index contributed by atoms with van der Waals surface area (Å²) in [4.78, 5) is 21.7. The zero-order chi connectivity index (χ0) is 54.2. The second-order valence-electron chi connectivity index (χ2n) is 17.1. The van der Waals surface area contributed by atoms with Gasteiger partial charge in [0.15, 0.2) is 9.84 Å². The first-order valence-corrected chi connectivity index (χ1v) is 29.1. The van der Waals surface area contributed by atoms with Crippen LogP contribution in [0.25, 0.3) is 0 Å². The van der Waals surface area contributed by atoms with Gasteiger partial charge in [-0.05, 0) is 140 Å². The lowest BCUT2D eigenvalue weighted by molar-refractivity contribution is -0.275. The third kappa shape index (κ3) is 16.0. The molecule has 1 heterocycles. The van der Waals surface area contributed by atoms with Crippen molar-refractivity contribution in [2.75, 3.05) is 28.5 Å². The van der Waals surface area contributed by atoms with Crippen molar-refractivity contribution >= 4 is 64.3 Å². The second kappa shape index (κ2) is 26.0. The van der Waals surface area contributed by atoms with Crippen molar-refractivity contribution in [3.63, 3.8) is 0 Å². The van der Waals surface area contributed by atoms with E-state index in [9.17, 15) is 48.0 Å². The van der Waals surface area contributed by atoms with E-state index in [1.54, 1.807) is 66.7 Å². The molecule has 0 saturated heterocycles. The van der Waals surface area contributed by atoms with Gasteiger partial charge in [-0.15, -0.1) is 24.5 Å². The Balaban J connectivity index is 0.000000245. The molecule has 0 unspecified atom stereocenters. The molecule has 6 aromatic carbocycles. The number of rotatable bonds is 24. The molecule has 75 heavy (non-hydrogen) atoms. The summed E-state index contributed by atoms with van der Waals surface area (Å²) in [6.45, 7) is 2.56. The highest BCUT2D eigenvalue weighted by Gasteiger charge is 2.36. The average molecular weight is 1110 g/mol. The molecule has 7 aromatic rings. The topological polar surface area (TPSA) is 202 Å². The minimum absolute atomic E-state index is 0.0170. The maximum atomic E-state index is 13.7. The smallest absolute Gasteiger partial charge is 0.478 e. The first-order chi connectivity index (χ1) is 35.7. The van der Waals surface area contributed by atoms with Crippen LogP contribution in [0.2, 0.25) is 0 Å². The Morgan fingerprint density at radius 3 is 1.73 bits per heavy atom. The number of thiophene rings is 1. The van der Waals surface area contributed by atoms with Gasteiger partial charge < -0.3 is 20.3 Å². The fraction of sp³-hybridized carbons (Fsp3) is 0.236. The Hall–Kier alpha value is -7.00. The van der Waals surface area contributed by atoms with Crippen LogP contribution in [0.4, 0.5) is 24.5 Å². The van der Waals surface area contributed by atoms with Gasteiger partial charge in [0.2, 0.25) is 9.84 Å². The standard InChI is InChI=1S/C29H29NO6S3.C26H26F3NO5S/c31-29(32)24-16-13-22(14-17-24)12-15-23-8-4-5-11-26(23)30-20-6-7-21-38(33,34)27-18-19-28(37-27)39(35,36)25-9-2-1-3-10-25;1-2-3-18-30(36(33,34)24-11-7-6-10-23(24)35-26(27,28)29)22-9-5-4-8-20(22)15-12-19-13-16-21(17-14-19)25(31)32/h1-5,8-11,13-14,16-19,30H,6-7,12,15,20-21H2,(H,31,32);4-11,13-14,16-17H,2-3,12,15,18H2,1H3,(H,31,32). The van der Waals surface area contributed by atoms with E-state index in [4.69, 9.17) is 10.2 Å². The molecule has 13 nitrogen and oxygen atoms in total. The lowest BCUT2D eigenvalue weighted by atomic mass is 10.0. The van der Waals surface area contributed by atoms with Crippen molar-refractivity contribution in [2.45, 2.75) is 82.9 Å². The van der Waals surface area contributed by atoms with Crippen LogP contribution >= 0.6 is 11.3 Å². The summed E-state index contributed by atoms with van der Waals surface area (Å²) in [6, 6.07) is 43.4. The first-order valence-electron chi connectivity index (χ1n) is 23.7. The van der Waals surface area contributed by atoms with Crippen LogP contribution < -0.4 is 14.4 Å². The molecule has 0 spiro atoms. The predicted molar refractivity (Wildman–Crippen MR) is 283 cm³/mol. The molecule has 7 rings (SSSR count). The number of carboxylic acids is 2. The van der Waals surface area contributed by atoms with E-state index in [1.807, 2.05) is 43.3 Å². The maximum Gasteiger partial charge on any atom is 0.573 e.